The van der Waals surface area contributed by atoms with Crippen LogP contribution in [0.25, 0.3) is 0 Å². The quantitative estimate of drug-likeness (QED) is 0.404. The van der Waals surface area contributed by atoms with Gasteiger partial charge in [0.15, 0.2) is 6.23 Å². The van der Waals surface area contributed by atoms with Gasteiger partial charge in [0.2, 0.25) is 5.82 Å². The lowest BCUT2D eigenvalue weighted by molar-refractivity contribution is -0.139. The molecule has 3 rings (SSSR count). The molecule has 1 amide bonds. The van der Waals surface area contributed by atoms with Gasteiger partial charge >= 0.3 is 13.7 Å². The van der Waals surface area contributed by atoms with Gasteiger partial charge in [-0.05, 0) is 25.0 Å². The van der Waals surface area contributed by atoms with E-state index in [4.69, 9.17) is 19.5 Å². The molecule has 30 heavy (non-hydrogen) atoms. The number of para-hydroxylation sites is 1. The molecule has 0 spiro atoms. The smallest absolute Gasteiger partial charge is 0.459 e. The third kappa shape index (κ3) is 5.86. The first-order chi connectivity index (χ1) is 14.4. The van der Waals surface area contributed by atoms with Crippen molar-refractivity contribution >= 4 is 19.6 Å². The molecule has 2 aromatic rings. The number of aromatic nitrogens is 3. The summed E-state index contributed by atoms with van der Waals surface area (Å²) in [4.78, 5) is 26.4. The molecule has 2 heterocycles. The van der Waals surface area contributed by atoms with Crippen LogP contribution < -0.4 is 15.3 Å². The summed E-state index contributed by atoms with van der Waals surface area (Å²) in [5.41, 5.74) is 5.15. The van der Waals surface area contributed by atoms with Crippen LogP contribution >= 0.6 is 7.75 Å². The number of amides is 1. The van der Waals surface area contributed by atoms with Crippen molar-refractivity contribution in [2.45, 2.75) is 25.2 Å². The minimum Gasteiger partial charge on any atom is -0.468 e. The Morgan fingerprint density at radius 3 is 2.77 bits per heavy atom. The lowest BCUT2D eigenvalue weighted by Gasteiger charge is -2.21. The maximum atomic E-state index is 13.1. The fourth-order valence-electron chi connectivity index (χ4n) is 2.67. The monoisotopic (exact) mass is 439 g/mol. The third-order valence-electron chi connectivity index (χ3n) is 4.15. The highest BCUT2D eigenvalue weighted by molar-refractivity contribution is 7.52. The maximum Gasteiger partial charge on any atom is 0.459 e. The summed E-state index contributed by atoms with van der Waals surface area (Å²) < 4.78 is 35.8. The second-order valence-electron chi connectivity index (χ2n) is 6.31. The fourth-order valence-corrected chi connectivity index (χ4v) is 3.96. The molecule has 12 nitrogen and oxygen atoms in total. The number of carbonyl (C=O) groups excluding carboxylic acids is 2. The first-order valence-corrected chi connectivity index (χ1v) is 10.6. The molecule has 1 aliphatic rings. The molecule has 0 aliphatic carbocycles. The fraction of sp³-hybridized carbons (Fsp3) is 0.412. The van der Waals surface area contributed by atoms with E-state index in [0.717, 1.165) is 0 Å². The predicted octanol–water partition coefficient (Wildman–Crippen LogP) is 1.02. The van der Waals surface area contributed by atoms with Crippen molar-refractivity contribution in [3.8, 4) is 5.75 Å². The van der Waals surface area contributed by atoms with Gasteiger partial charge in [0.05, 0.1) is 19.8 Å². The third-order valence-corrected chi connectivity index (χ3v) is 5.64. The zero-order valence-electron chi connectivity index (χ0n) is 16.2. The van der Waals surface area contributed by atoms with Crippen LogP contribution in [-0.2, 0) is 23.4 Å². The first kappa shape index (κ1) is 21.9. The number of methoxy groups -OCH3 is 1. The highest BCUT2D eigenvalue weighted by Crippen LogP contribution is 2.45. The summed E-state index contributed by atoms with van der Waals surface area (Å²) in [7, 11) is -2.67. The number of carbonyl (C=O) groups is 2. The molecule has 3 atom stereocenters. The molecule has 162 valence electrons. The summed E-state index contributed by atoms with van der Waals surface area (Å²) >= 11 is 0. The SMILES string of the molecule is COC(=O)CNP(=O)(OC[C@@H]1CC[C@H](n2cnc(C(N)=O)n2)O1)Oc1ccccc1. The number of ether oxygens (including phenoxy) is 2. The summed E-state index contributed by atoms with van der Waals surface area (Å²) in [5.74, 6) is -1.15. The van der Waals surface area contributed by atoms with Crippen LogP contribution in [0.4, 0.5) is 0 Å². The van der Waals surface area contributed by atoms with Gasteiger partial charge in [-0.1, -0.05) is 18.2 Å². The van der Waals surface area contributed by atoms with Gasteiger partial charge in [-0.2, -0.15) is 0 Å². The van der Waals surface area contributed by atoms with Crippen molar-refractivity contribution in [3.05, 3.63) is 42.5 Å². The summed E-state index contributed by atoms with van der Waals surface area (Å²) in [6.07, 6.45) is 1.64. The van der Waals surface area contributed by atoms with Gasteiger partial charge in [-0.15, -0.1) is 5.10 Å². The zero-order chi connectivity index (χ0) is 21.6. The number of nitrogens with zero attached hydrogens (tertiary/aromatic N) is 3. The summed E-state index contributed by atoms with van der Waals surface area (Å²) in [6.45, 7) is -0.421. The average molecular weight is 439 g/mol. The van der Waals surface area contributed by atoms with Crippen LogP contribution in [0.5, 0.6) is 5.75 Å². The van der Waals surface area contributed by atoms with Crippen molar-refractivity contribution in [2.24, 2.45) is 5.73 Å². The van der Waals surface area contributed by atoms with E-state index >= 15 is 0 Å². The van der Waals surface area contributed by atoms with E-state index in [2.05, 4.69) is 19.9 Å². The molecule has 0 radical (unpaired) electrons. The van der Waals surface area contributed by atoms with Gasteiger partial charge in [0.1, 0.15) is 18.6 Å². The second kappa shape index (κ2) is 9.81. The Morgan fingerprint density at radius 2 is 2.10 bits per heavy atom. The van der Waals surface area contributed by atoms with Crippen molar-refractivity contribution in [1.82, 2.24) is 19.9 Å². The Balaban J connectivity index is 1.59. The highest BCUT2D eigenvalue weighted by Gasteiger charge is 2.33. The Labute approximate surface area is 172 Å². The number of esters is 1. The Hall–Kier alpha value is -2.79. The van der Waals surface area contributed by atoms with Gasteiger partial charge in [0, 0.05) is 0 Å². The molecule has 13 heteroatoms. The van der Waals surface area contributed by atoms with Gasteiger partial charge < -0.3 is 19.7 Å². The van der Waals surface area contributed by atoms with Crippen molar-refractivity contribution in [2.75, 3.05) is 20.3 Å². The molecular formula is C17H22N5O7P. The Morgan fingerprint density at radius 1 is 1.33 bits per heavy atom. The second-order valence-corrected chi connectivity index (χ2v) is 8.06. The molecule has 1 aliphatic heterocycles. The van der Waals surface area contributed by atoms with E-state index < -0.39 is 32.0 Å². The Kier molecular flexibility index (Phi) is 7.16. The first-order valence-electron chi connectivity index (χ1n) is 9.06. The van der Waals surface area contributed by atoms with E-state index in [-0.39, 0.29) is 19.0 Å². The van der Waals surface area contributed by atoms with E-state index in [1.165, 1.54) is 18.1 Å². The van der Waals surface area contributed by atoms with Crippen LogP contribution in [0.2, 0.25) is 0 Å². The molecular weight excluding hydrogens is 417 g/mol. The highest BCUT2D eigenvalue weighted by atomic mass is 31.2. The standard InChI is InChI=1S/C17H22N5O7P/c1-26-15(23)9-20-30(25,29-12-5-3-2-4-6-12)27-10-13-7-8-14(28-13)22-11-19-17(21-22)16(18)24/h2-6,11,13-14H,7-10H2,1H3,(H2,18,24)(H,20,25)/t13-,14+,30?/m0/s1. The van der Waals surface area contributed by atoms with Crippen LogP contribution in [0, 0.1) is 0 Å². The Bertz CT molecular complexity index is 922. The van der Waals surface area contributed by atoms with Crippen LogP contribution in [0.1, 0.15) is 29.7 Å². The molecule has 1 saturated heterocycles. The van der Waals surface area contributed by atoms with Gasteiger partial charge in [-0.25, -0.2) is 19.3 Å². The van der Waals surface area contributed by atoms with Crippen LogP contribution in [0.3, 0.4) is 0 Å². The minimum atomic E-state index is -3.89. The number of nitrogens with two attached hydrogens (primary N) is 1. The number of hydrogen-bond donors (Lipinski definition) is 2. The molecule has 1 fully saturated rings. The largest absolute Gasteiger partial charge is 0.468 e. The van der Waals surface area contributed by atoms with Crippen LogP contribution in [0.15, 0.2) is 36.7 Å². The normalized spacial score (nSPS) is 20.4. The van der Waals surface area contributed by atoms with E-state index in [0.29, 0.717) is 18.6 Å². The molecule has 1 aromatic heterocycles. The average Bonchev–Trinajstić information content (AvgIpc) is 3.41. The zero-order valence-corrected chi connectivity index (χ0v) is 17.1. The predicted molar refractivity (Wildman–Crippen MR) is 102 cm³/mol. The maximum absolute atomic E-state index is 13.1. The summed E-state index contributed by atoms with van der Waals surface area (Å²) in [6, 6.07) is 8.42. The lowest BCUT2D eigenvalue weighted by Crippen LogP contribution is -2.26. The molecule has 3 N–H and O–H groups in total. The minimum absolute atomic E-state index is 0.0633. The van der Waals surface area contributed by atoms with Gasteiger partial charge in [-0.3, -0.25) is 14.1 Å². The molecule has 0 bridgehead atoms. The lowest BCUT2D eigenvalue weighted by atomic mass is 10.2. The van der Waals surface area contributed by atoms with Crippen LogP contribution in [-0.4, -0.2) is 53.0 Å². The number of benzene rings is 1. The van der Waals surface area contributed by atoms with E-state index in [1.807, 2.05) is 0 Å². The molecule has 0 saturated carbocycles. The van der Waals surface area contributed by atoms with E-state index in [1.54, 1.807) is 30.3 Å². The molecule has 1 unspecified atom stereocenters. The molecule has 1 aromatic carbocycles. The number of rotatable bonds is 10. The van der Waals surface area contributed by atoms with Gasteiger partial charge in [0.25, 0.3) is 5.91 Å². The number of hydrogen-bond acceptors (Lipinski definition) is 9. The van der Waals surface area contributed by atoms with E-state index in [9.17, 15) is 14.2 Å². The topological polar surface area (TPSA) is 157 Å². The van der Waals surface area contributed by atoms with Crippen molar-refractivity contribution in [1.29, 1.82) is 0 Å². The van der Waals surface area contributed by atoms with Crippen molar-refractivity contribution < 1.29 is 32.7 Å². The van der Waals surface area contributed by atoms with Crippen molar-refractivity contribution in [3.63, 3.8) is 0 Å². The summed E-state index contributed by atoms with van der Waals surface area (Å²) in [5, 5.41) is 6.45. The number of nitrogens with one attached hydrogen (secondary N) is 1. The number of primary amides is 1.